The molecule has 100 valence electrons. The maximum Gasteiger partial charge on any atom is 0.153 e. The number of thioether (sulfide) groups is 1. The average molecular weight is 291 g/mol. The Labute approximate surface area is 122 Å². The summed E-state index contributed by atoms with van der Waals surface area (Å²) in [5.74, 6) is 0.305. The van der Waals surface area contributed by atoms with Gasteiger partial charge in [-0.2, -0.15) is 0 Å². The Kier molecular flexibility index (Phi) is 5.42. The summed E-state index contributed by atoms with van der Waals surface area (Å²) in [6.45, 7) is 0.728. The third-order valence-electron chi connectivity index (χ3n) is 2.83. The zero-order chi connectivity index (χ0) is 13.5. The van der Waals surface area contributed by atoms with Crippen molar-refractivity contribution in [2.75, 3.05) is 12.8 Å². The smallest absolute Gasteiger partial charge is 0.153 e. The minimum Gasteiger partial charge on any atom is -0.379 e. The van der Waals surface area contributed by atoms with Crippen LogP contribution in [0.2, 0.25) is 0 Å². The lowest BCUT2D eigenvalue weighted by Gasteiger charge is -2.13. The lowest BCUT2D eigenvalue weighted by molar-refractivity contribution is 0.718. The van der Waals surface area contributed by atoms with Crippen molar-refractivity contribution < 1.29 is 0 Å². The molecule has 0 aliphatic heterocycles. The molecule has 5 heteroatoms. The molecule has 2 rings (SSSR count). The maximum atomic E-state index is 5.72. The minimum absolute atomic E-state index is 0.305. The first-order chi connectivity index (χ1) is 9.31. The van der Waals surface area contributed by atoms with Crippen LogP contribution in [0.25, 0.3) is 0 Å². The van der Waals surface area contributed by atoms with Crippen LogP contribution in [0, 0.1) is 0 Å². The normalized spacial score (nSPS) is 13.4. The molecule has 19 heavy (non-hydrogen) atoms. The molecular weight excluding hydrogens is 274 g/mol. The van der Waals surface area contributed by atoms with Crippen molar-refractivity contribution in [3.05, 3.63) is 52.5 Å². The third kappa shape index (κ3) is 4.08. The Hall–Kier alpha value is -1.33. The van der Waals surface area contributed by atoms with E-state index in [2.05, 4.69) is 33.6 Å². The topological polar surface area (TPSA) is 51.3 Å². The van der Waals surface area contributed by atoms with E-state index in [1.54, 1.807) is 11.3 Å². The van der Waals surface area contributed by atoms with Gasteiger partial charge in [0.15, 0.2) is 5.17 Å². The Morgan fingerprint density at radius 2 is 2.32 bits per heavy atom. The van der Waals surface area contributed by atoms with Gasteiger partial charge in [0, 0.05) is 29.2 Å². The highest BCUT2D eigenvalue weighted by atomic mass is 32.2. The van der Waals surface area contributed by atoms with Gasteiger partial charge in [0.2, 0.25) is 0 Å². The molecule has 2 N–H and O–H groups in total. The molecule has 1 unspecified atom stereocenters. The van der Waals surface area contributed by atoms with Crippen molar-refractivity contribution in [2.45, 2.75) is 12.3 Å². The summed E-state index contributed by atoms with van der Waals surface area (Å²) in [5, 5.41) is 2.75. The minimum atomic E-state index is 0.305. The van der Waals surface area contributed by atoms with E-state index >= 15 is 0 Å². The first-order valence-corrected chi connectivity index (χ1v) is 8.20. The van der Waals surface area contributed by atoms with Crippen LogP contribution in [0.3, 0.4) is 0 Å². The summed E-state index contributed by atoms with van der Waals surface area (Å²) >= 11 is 3.25. The molecule has 0 aliphatic carbocycles. The first kappa shape index (κ1) is 14.1. The highest BCUT2D eigenvalue weighted by Crippen LogP contribution is 2.29. The lowest BCUT2D eigenvalue weighted by atomic mass is 9.99. The fourth-order valence-electron chi connectivity index (χ4n) is 1.88. The molecule has 0 radical (unpaired) electrons. The largest absolute Gasteiger partial charge is 0.379 e. The summed E-state index contributed by atoms with van der Waals surface area (Å²) in [6, 6.07) is 10.3. The van der Waals surface area contributed by atoms with Gasteiger partial charge in [-0.3, -0.25) is 9.98 Å². The van der Waals surface area contributed by atoms with E-state index < -0.39 is 0 Å². The van der Waals surface area contributed by atoms with Crippen LogP contribution in [-0.4, -0.2) is 23.0 Å². The van der Waals surface area contributed by atoms with E-state index in [1.165, 1.54) is 16.6 Å². The van der Waals surface area contributed by atoms with E-state index in [1.807, 2.05) is 24.6 Å². The fraction of sp³-hybridized carbons (Fsp3) is 0.286. The molecule has 0 bridgehead atoms. The van der Waals surface area contributed by atoms with Crippen molar-refractivity contribution in [1.82, 2.24) is 4.98 Å². The predicted molar refractivity (Wildman–Crippen MR) is 85.0 cm³/mol. The van der Waals surface area contributed by atoms with E-state index in [0.717, 1.165) is 18.7 Å². The second kappa shape index (κ2) is 7.31. The van der Waals surface area contributed by atoms with Gasteiger partial charge >= 0.3 is 0 Å². The van der Waals surface area contributed by atoms with E-state index in [4.69, 9.17) is 5.73 Å². The summed E-state index contributed by atoms with van der Waals surface area (Å²) in [7, 11) is 0. The third-order valence-corrected chi connectivity index (χ3v) is 4.36. The van der Waals surface area contributed by atoms with E-state index in [0.29, 0.717) is 11.1 Å². The van der Waals surface area contributed by atoms with E-state index in [-0.39, 0.29) is 0 Å². The van der Waals surface area contributed by atoms with Crippen molar-refractivity contribution in [3.8, 4) is 0 Å². The summed E-state index contributed by atoms with van der Waals surface area (Å²) in [6.07, 6.45) is 4.71. The highest BCUT2D eigenvalue weighted by molar-refractivity contribution is 8.13. The van der Waals surface area contributed by atoms with E-state index in [9.17, 15) is 0 Å². The summed E-state index contributed by atoms with van der Waals surface area (Å²) in [4.78, 5) is 10.2. The van der Waals surface area contributed by atoms with Crippen LogP contribution in [0.1, 0.15) is 22.9 Å². The SMILES string of the molecule is CSC(N)=NCCC(c1ccccn1)c1cccs1. The molecule has 0 aliphatic rings. The number of hydrogen-bond donors (Lipinski definition) is 1. The monoisotopic (exact) mass is 291 g/mol. The van der Waals surface area contributed by atoms with Crippen molar-refractivity contribution >= 4 is 28.3 Å². The predicted octanol–water partition coefficient (Wildman–Crippen LogP) is 3.34. The number of amidine groups is 1. The Morgan fingerprint density at radius 1 is 1.42 bits per heavy atom. The van der Waals surface area contributed by atoms with Gasteiger partial charge in [-0.15, -0.1) is 11.3 Å². The molecule has 1 atom stereocenters. The van der Waals surface area contributed by atoms with Crippen molar-refractivity contribution in [2.24, 2.45) is 10.7 Å². The van der Waals surface area contributed by atoms with Crippen LogP contribution >= 0.6 is 23.1 Å². The molecule has 3 nitrogen and oxygen atoms in total. The molecule has 0 amide bonds. The Balaban J connectivity index is 2.12. The van der Waals surface area contributed by atoms with Gasteiger partial charge in [-0.25, -0.2) is 0 Å². The summed E-state index contributed by atoms with van der Waals surface area (Å²) < 4.78 is 0. The second-order valence-corrected chi connectivity index (χ2v) is 5.84. The number of nitrogens with two attached hydrogens (primary N) is 1. The first-order valence-electron chi connectivity index (χ1n) is 6.09. The van der Waals surface area contributed by atoms with Crippen LogP contribution in [0.15, 0.2) is 46.9 Å². The molecule has 0 saturated heterocycles. The van der Waals surface area contributed by atoms with Crippen LogP contribution in [0.5, 0.6) is 0 Å². The number of aromatic nitrogens is 1. The summed E-state index contributed by atoms with van der Waals surface area (Å²) in [5.41, 5.74) is 6.82. The fourth-order valence-corrected chi connectivity index (χ4v) is 2.97. The highest BCUT2D eigenvalue weighted by Gasteiger charge is 2.15. The van der Waals surface area contributed by atoms with Crippen LogP contribution in [-0.2, 0) is 0 Å². The average Bonchev–Trinajstić information content (AvgIpc) is 2.98. The standard InChI is InChI=1S/C14H17N3S2/c1-18-14(15)17-9-7-11(13-6-4-10-19-13)12-5-2-3-8-16-12/h2-6,8,10-11H,7,9H2,1H3,(H2,15,17). The molecule has 0 aromatic carbocycles. The molecule has 2 heterocycles. The number of nitrogens with zero attached hydrogens (tertiary/aromatic N) is 2. The lowest BCUT2D eigenvalue weighted by Crippen LogP contribution is -2.08. The molecule has 0 fully saturated rings. The van der Waals surface area contributed by atoms with Gasteiger partial charge in [0.25, 0.3) is 0 Å². The van der Waals surface area contributed by atoms with Crippen molar-refractivity contribution in [1.29, 1.82) is 0 Å². The number of aliphatic imine (C=N–C) groups is 1. The van der Waals surface area contributed by atoms with Crippen LogP contribution in [0.4, 0.5) is 0 Å². The number of rotatable bonds is 5. The molecule has 0 saturated carbocycles. The zero-order valence-corrected chi connectivity index (χ0v) is 12.5. The number of pyridine rings is 1. The maximum absolute atomic E-state index is 5.72. The molecule has 0 spiro atoms. The van der Waals surface area contributed by atoms with Crippen molar-refractivity contribution in [3.63, 3.8) is 0 Å². The van der Waals surface area contributed by atoms with Gasteiger partial charge in [0.05, 0.1) is 0 Å². The number of hydrogen-bond acceptors (Lipinski definition) is 4. The molecule has 2 aromatic heterocycles. The van der Waals surface area contributed by atoms with Crippen LogP contribution < -0.4 is 5.73 Å². The Morgan fingerprint density at radius 3 is 2.95 bits per heavy atom. The van der Waals surface area contributed by atoms with Gasteiger partial charge in [-0.1, -0.05) is 23.9 Å². The number of thiophene rings is 1. The molecule has 2 aromatic rings. The Bertz CT molecular complexity index is 509. The quantitative estimate of drug-likeness (QED) is 0.679. The van der Waals surface area contributed by atoms with Gasteiger partial charge in [-0.05, 0) is 36.3 Å². The molecular formula is C14H17N3S2. The van der Waals surface area contributed by atoms with Gasteiger partial charge < -0.3 is 5.73 Å². The zero-order valence-electron chi connectivity index (χ0n) is 10.8. The van der Waals surface area contributed by atoms with Gasteiger partial charge in [0.1, 0.15) is 0 Å². The second-order valence-electron chi connectivity index (χ2n) is 4.04.